The van der Waals surface area contributed by atoms with Crippen LogP contribution in [0.15, 0.2) is 84.2 Å². The van der Waals surface area contributed by atoms with E-state index in [1.54, 1.807) is 37.5 Å². The molecule has 142 valence electrons. The number of hydrogen-bond acceptors (Lipinski definition) is 4. The molecule has 4 aromatic rings. The summed E-state index contributed by atoms with van der Waals surface area (Å²) in [5.41, 5.74) is 6.50. The van der Waals surface area contributed by atoms with E-state index in [1.165, 1.54) is 12.1 Å². The molecule has 4 rings (SSSR count). The van der Waals surface area contributed by atoms with Crippen LogP contribution in [0, 0.1) is 5.82 Å². The molecule has 1 N–H and O–H groups in total. The Balaban J connectivity index is 1.72. The largest absolute Gasteiger partial charge is 0.272 e. The number of amides is 1. The van der Waals surface area contributed by atoms with Gasteiger partial charge in [-0.25, -0.2) is 14.8 Å². The molecule has 0 atom stereocenters. The summed E-state index contributed by atoms with van der Waals surface area (Å²) in [6.07, 6.45) is 3.36. The molecule has 0 radical (unpaired) electrons. The number of pyridine rings is 2. The first kappa shape index (κ1) is 18.4. The number of halogens is 1. The van der Waals surface area contributed by atoms with Gasteiger partial charge in [0.2, 0.25) is 0 Å². The molecule has 5 nitrogen and oxygen atoms in total. The molecule has 2 aromatic heterocycles. The quantitative estimate of drug-likeness (QED) is 0.413. The maximum Gasteiger partial charge on any atom is 0.272 e. The van der Waals surface area contributed by atoms with Gasteiger partial charge >= 0.3 is 0 Å². The lowest BCUT2D eigenvalue weighted by molar-refractivity contribution is 0.0956. The molecule has 2 aromatic carbocycles. The zero-order valence-corrected chi connectivity index (χ0v) is 15.6. The van der Waals surface area contributed by atoms with Crippen molar-refractivity contribution in [3.05, 3.63) is 96.1 Å². The van der Waals surface area contributed by atoms with Crippen LogP contribution in [0.5, 0.6) is 0 Å². The van der Waals surface area contributed by atoms with Gasteiger partial charge in [-0.3, -0.25) is 9.78 Å². The fourth-order valence-corrected chi connectivity index (χ4v) is 2.97. The molecule has 0 aliphatic carbocycles. The van der Waals surface area contributed by atoms with E-state index in [-0.39, 0.29) is 11.7 Å². The van der Waals surface area contributed by atoms with Gasteiger partial charge in [0.15, 0.2) is 0 Å². The number of para-hydroxylation sites is 1. The standard InChI is InChI=1S/C23H17FN4O/c1-15(17-5-4-12-25-14-17)27-28-23(29)20-13-22(16-8-10-18(24)11-9-16)26-21-7-3-2-6-19(20)21/h2-14H,1H3,(H,28,29). The maximum atomic E-state index is 13.3. The second-order valence-corrected chi connectivity index (χ2v) is 6.46. The van der Waals surface area contributed by atoms with Crippen LogP contribution < -0.4 is 5.43 Å². The molecular weight excluding hydrogens is 367 g/mol. The third-order valence-electron chi connectivity index (χ3n) is 4.51. The van der Waals surface area contributed by atoms with Crippen molar-refractivity contribution < 1.29 is 9.18 Å². The zero-order valence-electron chi connectivity index (χ0n) is 15.6. The predicted octanol–water partition coefficient (Wildman–Crippen LogP) is 4.59. The van der Waals surface area contributed by atoms with Crippen molar-refractivity contribution >= 4 is 22.5 Å². The summed E-state index contributed by atoms with van der Waals surface area (Å²) in [5, 5.41) is 4.91. The van der Waals surface area contributed by atoms with Gasteiger partial charge in [-0.2, -0.15) is 5.10 Å². The Labute approximate surface area is 167 Å². The van der Waals surface area contributed by atoms with Crippen LogP contribution in [-0.2, 0) is 0 Å². The first-order valence-corrected chi connectivity index (χ1v) is 9.02. The molecule has 0 saturated heterocycles. The fraction of sp³-hybridized carbons (Fsp3) is 0.0435. The summed E-state index contributed by atoms with van der Waals surface area (Å²) in [7, 11) is 0. The van der Waals surface area contributed by atoms with Gasteiger partial charge in [0.1, 0.15) is 5.82 Å². The number of rotatable bonds is 4. The highest BCUT2D eigenvalue weighted by atomic mass is 19.1. The minimum absolute atomic E-state index is 0.326. The van der Waals surface area contributed by atoms with Crippen molar-refractivity contribution in [2.45, 2.75) is 6.92 Å². The fourth-order valence-electron chi connectivity index (χ4n) is 2.97. The molecular formula is C23H17FN4O. The summed E-state index contributed by atoms with van der Waals surface area (Å²) in [6, 6.07) is 18.8. The highest BCUT2D eigenvalue weighted by Gasteiger charge is 2.14. The van der Waals surface area contributed by atoms with Gasteiger partial charge in [0, 0.05) is 28.9 Å². The van der Waals surface area contributed by atoms with E-state index in [4.69, 9.17) is 0 Å². The molecule has 0 fully saturated rings. The Morgan fingerprint density at radius 2 is 1.83 bits per heavy atom. The first-order valence-electron chi connectivity index (χ1n) is 9.02. The lowest BCUT2D eigenvalue weighted by atomic mass is 10.0. The Morgan fingerprint density at radius 1 is 1.03 bits per heavy atom. The van der Waals surface area contributed by atoms with Gasteiger partial charge in [-0.05, 0) is 49.4 Å². The lowest BCUT2D eigenvalue weighted by Crippen LogP contribution is -2.20. The predicted molar refractivity (Wildman–Crippen MR) is 111 cm³/mol. The molecule has 0 aliphatic heterocycles. The number of carbonyl (C=O) groups excluding carboxylic acids is 1. The normalized spacial score (nSPS) is 11.4. The second-order valence-electron chi connectivity index (χ2n) is 6.46. The third kappa shape index (κ3) is 4.01. The van der Waals surface area contributed by atoms with Crippen molar-refractivity contribution in [3.8, 4) is 11.3 Å². The average Bonchev–Trinajstić information content (AvgIpc) is 2.77. The minimum atomic E-state index is -0.352. The number of benzene rings is 2. The van der Waals surface area contributed by atoms with Gasteiger partial charge in [-0.1, -0.05) is 24.3 Å². The summed E-state index contributed by atoms with van der Waals surface area (Å²) in [6.45, 7) is 1.80. The van der Waals surface area contributed by atoms with Crippen molar-refractivity contribution in [2.75, 3.05) is 0 Å². The van der Waals surface area contributed by atoms with Crippen LogP contribution in [0.3, 0.4) is 0 Å². The van der Waals surface area contributed by atoms with E-state index in [1.807, 2.05) is 36.4 Å². The molecule has 29 heavy (non-hydrogen) atoms. The van der Waals surface area contributed by atoms with E-state index in [0.29, 0.717) is 27.9 Å². The average molecular weight is 384 g/mol. The van der Waals surface area contributed by atoms with E-state index >= 15 is 0 Å². The Kier molecular flexibility index (Phi) is 5.07. The zero-order chi connectivity index (χ0) is 20.2. The number of nitrogens with one attached hydrogen (secondary N) is 1. The van der Waals surface area contributed by atoms with E-state index in [0.717, 1.165) is 11.1 Å². The number of nitrogens with zero attached hydrogens (tertiary/aromatic N) is 3. The number of fused-ring (bicyclic) bond motifs is 1. The molecule has 0 unspecified atom stereocenters. The highest BCUT2D eigenvalue weighted by molar-refractivity contribution is 6.08. The van der Waals surface area contributed by atoms with Gasteiger partial charge in [0.25, 0.3) is 5.91 Å². The van der Waals surface area contributed by atoms with Crippen molar-refractivity contribution in [3.63, 3.8) is 0 Å². The van der Waals surface area contributed by atoms with Crippen molar-refractivity contribution in [1.82, 2.24) is 15.4 Å². The Hall–Kier alpha value is -3.93. The van der Waals surface area contributed by atoms with Crippen LogP contribution in [0.1, 0.15) is 22.8 Å². The smallest absolute Gasteiger partial charge is 0.267 e. The molecule has 0 saturated carbocycles. The summed E-state index contributed by atoms with van der Waals surface area (Å²) >= 11 is 0. The van der Waals surface area contributed by atoms with Gasteiger partial charge in [0.05, 0.1) is 22.5 Å². The first-order chi connectivity index (χ1) is 14.1. The van der Waals surface area contributed by atoms with E-state index in [2.05, 4.69) is 20.5 Å². The Morgan fingerprint density at radius 3 is 2.59 bits per heavy atom. The number of hydrogen-bond donors (Lipinski definition) is 1. The summed E-state index contributed by atoms with van der Waals surface area (Å²) < 4.78 is 13.3. The van der Waals surface area contributed by atoms with Crippen molar-refractivity contribution in [1.29, 1.82) is 0 Å². The minimum Gasteiger partial charge on any atom is -0.267 e. The van der Waals surface area contributed by atoms with Gasteiger partial charge in [-0.15, -0.1) is 0 Å². The molecule has 1 amide bonds. The van der Waals surface area contributed by atoms with E-state index < -0.39 is 0 Å². The van der Waals surface area contributed by atoms with E-state index in [9.17, 15) is 9.18 Å². The number of carbonyl (C=O) groups is 1. The van der Waals surface area contributed by atoms with Crippen LogP contribution in [-0.4, -0.2) is 21.6 Å². The summed E-state index contributed by atoms with van der Waals surface area (Å²) in [4.78, 5) is 21.6. The topological polar surface area (TPSA) is 67.2 Å². The van der Waals surface area contributed by atoms with Crippen LogP contribution >= 0.6 is 0 Å². The maximum absolute atomic E-state index is 13.3. The third-order valence-corrected chi connectivity index (χ3v) is 4.51. The number of aromatic nitrogens is 2. The lowest BCUT2D eigenvalue weighted by Gasteiger charge is -2.09. The molecule has 2 heterocycles. The Bertz CT molecular complexity index is 1200. The monoisotopic (exact) mass is 384 g/mol. The van der Waals surface area contributed by atoms with Crippen LogP contribution in [0.25, 0.3) is 22.2 Å². The molecule has 0 spiro atoms. The highest BCUT2D eigenvalue weighted by Crippen LogP contribution is 2.25. The molecule has 0 aliphatic rings. The van der Waals surface area contributed by atoms with Gasteiger partial charge < -0.3 is 0 Å². The SMILES string of the molecule is CC(=NNC(=O)c1cc(-c2ccc(F)cc2)nc2ccccc12)c1cccnc1. The second kappa shape index (κ2) is 7.98. The van der Waals surface area contributed by atoms with Crippen molar-refractivity contribution in [2.24, 2.45) is 5.10 Å². The molecule has 0 bridgehead atoms. The number of hydrazone groups is 1. The summed E-state index contributed by atoms with van der Waals surface area (Å²) in [5.74, 6) is -0.678. The molecule has 6 heteroatoms. The van der Waals surface area contributed by atoms with Crippen LogP contribution in [0.4, 0.5) is 4.39 Å². The van der Waals surface area contributed by atoms with Crippen LogP contribution in [0.2, 0.25) is 0 Å².